The summed E-state index contributed by atoms with van der Waals surface area (Å²) in [5.74, 6) is 0.105. The molecule has 0 aromatic heterocycles. The molecule has 4 aromatic carbocycles. The fraction of sp³-hybridized carbons (Fsp3) is 0.125. The highest BCUT2D eigenvalue weighted by Gasteiger charge is 2.08. The average Bonchev–Trinajstić information content (AvgIpc) is 2.69. The molecule has 0 aliphatic rings. The minimum atomic E-state index is -0.423. The van der Waals surface area contributed by atoms with Gasteiger partial charge in [-0.15, -0.1) is 0 Å². The van der Waals surface area contributed by atoms with Gasteiger partial charge in [-0.2, -0.15) is 0 Å². The number of aliphatic hydroxyl groups excluding tert-OH is 1. The summed E-state index contributed by atoms with van der Waals surface area (Å²) in [6, 6.07) is 23.7. The molecule has 0 heterocycles. The van der Waals surface area contributed by atoms with E-state index in [0.29, 0.717) is 0 Å². The van der Waals surface area contributed by atoms with Crippen molar-refractivity contribution in [1.29, 1.82) is 0 Å². The Kier molecular flexibility index (Phi) is 6.65. The molecule has 1 atom stereocenters. The Balaban J connectivity index is 0.000000161. The van der Waals surface area contributed by atoms with Crippen LogP contribution in [0.25, 0.3) is 21.5 Å². The van der Waals surface area contributed by atoms with Crippen molar-refractivity contribution in [1.82, 2.24) is 0 Å². The number of halogens is 2. The highest BCUT2D eigenvalue weighted by molar-refractivity contribution is 9.11. The van der Waals surface area contributed by atoms with E-state index in [9.17, 15) is 9.90 Å². The Bertz CT molecular complexity index is 1150. The number of Topliss-reactive ketones (excluding diaryl/α,β-unsaturated/α-hetero) is 1. The molecule has 2 nitrogen and oxygen atoms in total. The number of ketones is 1. The van der Waals surface area contributed by atoms with E-state index in [-0.39, 0.29) is 5.78 Å². The molecule has 1 unspecified atom stereocenters. The summed E-state index contributed by atoms with van der Waals surface area (Å²) in [6.45, 7) is 3.38. The van der Waals surface area contributed by atoms with E-state index in [2.05, 4.69) is 31.9 Å². The summed E-state index contributed by atoms with van der Waals surface area (Å²) in [7, 11) is 0. The third-order valence-electron chi connectivity index (χ3n) is 4.60. The molecule has 4 aromatic rings. The van der Waals surface area contributed by atoms with Gasteiger partial charge < -0.3 is 5.11 Å². The zero-order chi connectivity index (χ0) is 20.3. The van der Waals surface area contributed by atoms with Gasteiger partial charge in [0, 0.05) is 14.5 Å². The third kappa shape index (κ3) is 4.35. The first-order valence-electron chi connectivity index (χ1n) is 8.93. The van der Waals surface area contributed by atoms with Crippen LogP contribution in [0.1, 0.15) is 35.9 Å². The molecule has 0 fully saturated rings. The highest BCUT2D eigenvalue weighted by Crippen LogP contribution is 2.30. The van der Waals surface area contributed by atoms with Crippen LogP contribution >= 0.6 is 31.9 Å². The van der Waals surface area contributed by atoms with Crippen LogP contribution in [-0.2, 0) is 0 Å². The molecule has 0 aliphatic carbocycles. The minimum Gasteiger partial charge on any atom is -0.389 e. The second-order valence-electron chi connectivity index (χ2n) is 6.55. The number of fused-ring (bicyclic) bond motifs is 2. The molecule has 0 amide bonds. The first kappa shape index (κ1) is 20.7. The van der Waals surface area contributed by atoms with Crippen molar-refractivity contribution in [2.45, 2.75) is 20.0 Å². The van der Waals surface area contributed by atoms with Crippen LogP contribution in [0.5, 0.6) is 0 Å². The van der Waals surface area contributed by atoms with E-state index in [0.717, 1.165) is 41.6 Å². The number of rotatable bonds is 2. The van der Waals surface area contributed by atoms with Gasteiger partial charge in [0.1, 0.15) is 0 Å². The lowest BCUT2D eigenvalue weighted by molar-refractivity contribution is 0.101. The quantitative estimate of drug-likeness (QED) is 0.290. The molecule has 1 N–H and O–H groups in total. The van der Waals surface area contributed by atoms with Crippen LogP contribution in [0.3, 0.4) is 0 Å². The van der Waals surface area contributed by atoms with E-state index < -0.39 is 6.10 Å². The van der Waals surface area contributed by atoms with E-state index in [1.54, 1.807) is 13.8 Å². The molecule has 0 spiro atoms. The van der Waals surface area contributed by atoms with Crippen LogP contribution in [0.4, 0.5) is 0 Å². The van der Waals surface area contributed by atoms with Crippen molar-refractivity contribution in [2.75, 3.05) is 0 Å². The molecule has 142 valence electrons. The predicted octanol–water partition coefficient (Wildman–Crippen LogP) is 7.46. The molecule has 0 aliphatic heterocycles. The normalized spacial score (nSPS) is 11.8. The standard InChI is InChI=1S/C12H11BrO.C12H9BrO/c2*1-8(14)9-6-7-12(13)11-5-3-2-4-10(9)11/h2-8,14H,1H3;2-7H,1H3. The minimum absolute atomic E-state index is 0.105. The molecule has 4 heteroatoms. The Hall–Kier alpha value is -2.01. The maximum Gasteiger partial charge on any atom is 0.160 e. The van der Waals surface area contributed by atoms with Crippen molar-refractivity contribution in [3.63, 3.8) is 0 Å². The van der Waals surface area contributed by atoms with E-state index >= 15 is 0 Å². The van der Waals surface area contributed by atoms with Gasteiger partial charge in [-0.1, -0.05) is 86.5 Å². The summed E-state index contributed by atoms with van der Waals surface area (Å²) in [5, 5.41) is 13.9. The van der Waals surface area contributed by atoms with Crippen LogP contribution in [-0.4, -0.2) is 10.9 Å². The average molecular weight is 500 g/mol. The van der Waals surface area contributed by atoms with Gasteiger partial charge >= 0.3 is 0 Å². The van der Waals surface area contributed by atoms with Gasteiger partial charge in [0.2, 0.25) is 0 Å². The molecule has 0 saturated carbocycles. The summed E-state index contributed by atoms with van der Waals surface area (Å²) >= 11 is 6.97. The van der Waals surface area contributed by atoms with Crippen LogP contribution < -0.4 is 0 Å². The van der Waals surface area contributed by atoms with Gasteiger partial charge in [-0.05, 0) is 59.2 Å². The Morgan fingerprint density at radius 2 is 1.21 bits per heavy atom. The number of benzene rings is 4. The Labute approximate surface area is 181 Å². The lowest BCUT2D eigenvalue weighted by atomic mass is 10.0. The topological polar surface area (TPSA) is 37.3 Å². The highest BCUT2D eigenvalue weighted by atomic mass is 79.9. The van der Waals surface area contributed by atoms with Crippen molar-refractivity contribution < 1.29 is 9.90 Å². The maximum absolute atomic E-state index is 11.4. The van der Waals surface area contributed by atoms with Gasteiger partial charge in [-0.3, -0.25) is 4.79 Å². The molecular formula is C24H20Br2O2. The van der Waals surface area contributed by atoms with Gasteiger partial charge in [0.15, 0.2) is 5.78 Å². The van der Waals surface area contributed by atoms with E-state index in [4.69, 9.17) is 0 Å². The van der Waals surface area contributed by atoms with Crippen molar-refractivity contribution in [3.05, 3.63) is 92.9 Å². The monoisotopic (exact) mass is 498 g/mol. The lowest BCUT2D eigenvalue weighted by Crippen LogP contribution is -1.93. The molecular weight excluding hydrogens is 480 g/mol. The fourth-order valence-corrected chi connectivity index (χ4v) is 4.18. The van der Waals surface area contributed by atoms with Gasteiger partial charge in [0.25, 0.3) is 0 Å². The first-order valence-corrected chi connectivity index (χ1v) is 10.5. The lowest BCUT2D eigenvalue weighted by Gasteiger charge is -2.10. The summed E-state index contributed by atoms with van der Waals surface area (Å²) in [6.07, 6.45) is -0.423. The maximum atomic E-state index is 11.4. The molecule has 0 radical (unpaired) electrons. The number of carbonyl (C=O) groups is 1. The second kappa shape index (κ2) is 8.99. The summed E-state index contributed by atoms with van der Waals surface area (Å²) < 4.78 is 2.09. The number of hydrogen-bond acceptors (Lipinski definition) is 2. The van der Waals surface area contributed by atoms with Crippen LogP contribution in [0, 0.1) is 0 Å². The molecule has 0 saturated heterocycles. The number of hydrogen-bond donors (Lipinski definition) is 1. The Morgan fingerprint density at radius 1 is 0.750 bits per heavy atom. The largest absolute Gasteiger partial charge is 0.389 e. The zero-order valence-electron chi connectivity index (χ0n) is 15.6. The van der Waals surface area contributed by atoms with Crippen LogP contribution in [0.15, 0.2) is 81.7 Å². The van der Waals surface area contributed by atoms with E-state index in [1.807, 2.05) is 72.8 Å². The van der Waals surface area contributed by atoms with Crippen molar-refractivity contribution >= 4 is 59.2 Å². The number of carbonyl (C=O) groups excluding carboxylic acids is 1. The smallest absolute Gasteiger partial charge is 0.160 e. The molecule has 28 heavy (non-hydrogen) atoms. The SMILES string of the molecule is CC(=O)c1ccc(Br)c2ccccc12.CC(O)c1ccc(Br)c2ccccc12. The van der Waals surface area contributed by atoms with Crippen LogP contribution in [0.2, 0.25) is 0 Å². The fourth-order valence-electron chi connectivity index (χ4n) is 3.22. The second-order valence-corrected chi connectivity index (χ2v) is 8.26. The third-order valence-corrected chi connectivity index (χ3v) is 5.99. The Morgan fingerprint density at radius 3 is 1.75 bits per heavy atom. The van der Waals surface area contributed by atoms with Gasteiger partial charge in [0.05, 0.1) is 6.10 Å². The summed E-state index contributed by atoms with van der Waals surface area (Å²) in [5.41, 5.74) is 1.76. The molecule has 4 rings (SSSR count). The number of aliphatic hydroxyl groups is 1. The zero-order valence-corrected chi connectivity index (χ0v) is 18.8. The molecule has 0 bridgehead atoms. The van der Waals surface area contributed by atoms with Crippen molar-refractivity contribution in [2.24, 2.45) is 0 Å². The van der Waals surface area contributed by atoms with E-state index in [1.165, 1.54) is 0 Å². The van der Waals surface area contributed by atoms with Gasteiger partial charge in [-0.25, -0.2) is 0 Å². The first-order chi connectivity index (χ1) is 13.4. The predicted molar refractivity (Wildman–Crippen MR) is 124 cm³/mol. The summed E-state index contributed by atoms with van der Waals surface area (Å²) in [4.78, 5) is 11.4. The van der Waals surface area contributed by atoms with Crippen molar-refractivity contribution in [3.8, 4) is 0 Å².